The van der Waals surface area contributed by atoms with Gasteiger partial charge in [0.05, 0.1) is 5.03 Å². The van der Waals surface area contributed by atoms with Crippen LogP contribution in [0.2, 0.25) is 0 Å². The van der Waals surface area contributed by atoms with Gasteiger partial charge < -0.3 is 0 Å². The van der Waals surface area contributed by atoms with Crippen molar-refractivity contribution < 1.29 is 4.39 Å². The van der Waals surface area contributed by atoms with Gasteiger partial charge in [0.2, 0.25) is 0 Å². The minimum absolute atomic E-state index is 0.226. The number of hydrogen-bond donors (Lipinski definition) is 0. The lowest BCUT2D eigenvalue weighted by Crippen LogP contribution is -2.07. The summed E-state index contributed by atoms with van der Waals surface area (Å²) < 4.78 is 12.6. The normalized spacial score (nSPS) is 28.3. The highest BCUT2D eigenvalue weighted by molar-refractivity contribution is 9.11. The highest BCUT2D eigenvalue weighted by Crippen LogP contribution is 2.30. The number of alkyl halides is 1. The zero-order valence-corrected chi connectivity index (χ0v) is 6.79. The van der Waals surface area contributed by atoms with Crippen molar-refractivity contribution in [3.8, 4) is 0 Å². The van der Waals surface area contributed by atoms with Gasteiger partial charge in [-0.3, -0.25) is 0 Å². The maximum Gasteiger partial charge on any atom is 0.156 e. The molecule has 0 spiro atoms. The van der Waals surface area contributed by atoms with Gasteiger partial charge in [0.15, 0.2) is 6.17 Å². The molecule has 0 nitrogen and oxygen atoms in total. The van der Waals surface area contributed by atoms with Crippen LogP contribution in [0.25, 0.3) is 0 Å². The summed E-state index contributed by atoms with van der Waals surface area (Å²) in [5, 5.41) is 0.226. The summed E-state index contributed by atoms with van der Waals surface area (Å²) in [6.45, 7) is 0. The fourth-order valence-electron chi connectivity index (χ4n) is 0.533. The van der Waals surface area contributed by atoms with Crippen molar-refractivity contribution in [2.75, 3.05) is 0 Å². The molecule has 0 aliphatic heterocycles. The van der Waals surface area contributed by atoms with E-state index in [1.165, 1.54) is 6.08 Å². The lowest BCUT2D eigenvalue weighted by molar-refractivity contribution is 0.438. The molecule has 0 N–H and O–H groups in total. The summed E-state index contributed by atoms with van der Waals surface area (Å²) in [7, 11) is 0. The molecule has 1 atom stereocenters. The number of allylic oxidation sites excluding steroid dienone is 4. The third-order valence-electron chi connectivity index (χ3n) is 0.995. The zero-order valence-electron chi connectivity index (χ0n) is 4.44. The first-order valence-corrected chi connectivity index (χ1v) is 3.59. The van der Waals surface area contributed by atoms with E-state index in [0.717, 1.165) is 0 Å². The van der Waals surface area contributed by atoms with E-state index in [0.29, 0.717) is 4.83 Å². The maximum atomic E-state index is 12.6. The van der Waals surface area contributed by atoms with Crippen molar-refractivity contribution in [2.45, 2.75) is 6.17 Å². The van der Waals surface area contributed by atoms with Gasteiger partial charge in [-0.2, -0.15) is 0 Å². The highest BCUT2D eigenvalue weighted by atomic mass is 79.9. The van der Waals surface area contributed by atoms with Gasteiger partial charge in [-0.05, 0) is 6.08 Å². The van der Waals surface area contributed by atoms with Crippen molar-refractivity contribution in [2.24, 2.45) is 0 Å². The summed E-state index contributed by atoms with van der Waals surface area (Å²) in [6.07, 6.45) is 3.72. The molecule has 1 rings (SSSR count). The van der Waals surface area contributed by atoms with Gasteiger partial charge in [0.25, 0.3) is 0 Å². The van der Waals surface area contributed by atoms with Crippen LogP contribution in [-0.2, 0) is 0 Å². The number of hydrogen-bond acceptors (Lipinski definition) is 0. The molecule has 0 saturated carbocycles. The predicted molar refractivity (Wildman–Crippen MR) is 40.1 cm³/mol. The average molecular weight is 210 g/mol. The molecule has 0 aromatic heterocycles. The molecule has 0 aromatic carbocycles. The van der Waals surface area contributed by atoms with Gasteiger partial charge in [0, 0.05) is 0 Å². The molecule has 1 aliphatic rings. The summed E-state index contributed by atoms with van der Waals surface area (Å²) in [4.78, 5) is 0.481. The average Bonchev–Trinajstić information content (AvgIpc) is 1.83. The third kappa shape index (κ3) is 1.55. The number of halogens is 3. The van der Waals surface area contributed by atoms with Crippen LogP contribution in [-0.4, -0.2) is 6.17 Å². The molecule has 1 radical (unpaired) electrons. The first-order chi connectivity index (χ1) is 4.22. The lowest BCUT2D eigenvalue weighted by atomic mass is 10.2. The lowest BCUT2D eigenvalue weighted by Gasteiger charge is -2.11. The van der Waals surface area contributed by atoms with E-state index in [4.69, 9.17) is 11.6 Å². The van der Waals surface area contributed by atoms with Crippen molar-refractivity contribution in [3.05, 3.63) is 28.1 Å². The zero-order chi connectivity index (χ0) is 6.85. The highest BCUT2D eigenvalue weighted by Gasteiger charge is 2.21. The SMILES string of the molecule is FC1[C](Br)C=CC=C1Cl. The smallest absolute Gasteiger partial charge is 0.156 e. The predicted octanol–water partition coefficient (Wildman–Crippen LogP) is 2.94. The van der Waals surface area contributed by atoms with E-state index < -0.39 is 6.17 Å². The molecule has 0 fully saturated rings. The Hall–Kier alpha value is 0.180. The summed E-state index contributed by atoms with van der Waals surface area (Å²) in [6, 6.07) is 0. The topological polar surface area (TPSA) is 0 Å². The van der Waals surface area contributed by atoms with E-state index in [1.807, 2.05) is 0 Å². The van der Waals surface area contributed by atoms with Crippen LogP contribution < -0.4 is 0 Å². The molecule has 0 amide bonds. The molecule has 9 heavy (non-hydrogen) atoms. The second kappa shape index (κ2) is 2.84. The Labute approximate surface area is 66.5 Å². The van der Waals surface area contributed by atoms with E-state index in [1.54, 1.807) is 12.2 Å². The molecule has 0 heterocycles. The minimum Gasteiger partial charge on any atom is -0.239 e. The van der Waals surface area contributed by atoms with Crippen LogP contribution in [0.4, 0.5) is 4.39 Å². The van der Waals surface area contributed by atoms with Crippen molar-refractivity contribution in [3.63, 3.8) is 0 Å². The molecule has 1 aliphatic carbocycles. The monoisotopic (exact) mass is 209 g/mol. The van der Waals surface area contributed by atoms with E-state index >= 15 is 0 Å². The molecule has 49 valence electrons. The standard InChI is InChI=1S/C6H4BrClF/c7-4-2-1-3-5(8)6(4)9/h1-3,6H. The Morgan fingerprint density at radius 1 is 1.67 bits per heavy atom. The van der Waals surface area contributed by atoms with Crippen molar-refractivity contribution in [1.29, 1.82) is 0 Å². The van der Waals surface area contributed by atoms with Crippen LogP contribution in [0, 0.1) is 4.83 Å². The van der Waals surface area contributed by atoms with Crippen LogP contribution in [0.5, 0.6) is 0 Å². The minimum atomic E-state index is -1.16. The fourth-order valence-corrected chi connectivity index (χ4v) is 1.25. The van der Waals surface area contributed by atoms with E-state index in [-0.39, 0.29) is 5.03 Å². The van der Waals surface area contributed by atoms with Crippen molar-refractivity contribution >= 4 is 27.5 Å². The fraction of sp³-hybridized carbons (Fsp3) is 0.167. The van der Waals surface area contributed by atoms with E-state index in [9.17, 15) is 4.39 Å². The first-order valence-electron chi connectivity index (χ1n) is 2.42. The summed E-state index contributed by atoms with van der Waals surface area (Å²) in [5.41, 5.74) is 0. The molecule has 0 aromatic rings. The van der Waals surface area contributed by atoms with Crippen LogP contribution in [0.3, 0.4) is 0 Å². The Morgan fingerprint density at radius 3 is 2.78 bits per heavy atom. The molecule has 1 unspecified atom stereocenters. The Morgan fingerprint density at radius 2 is 2.33 bits per heavy atom. The quantitative estimate of drug-likeness (QED) is 0.577. The van der Waals surface area contributed by atoms with E-state index in [2.05, 4.69) is 15.9 Å². The van der Waals surface area contributed by atoms with Crippen LogP contribution in [0.1, 0.15) is 0 Å². The molecule has 3 heteroatoms. The molecule has 0 bridgehead atoms. The third-order valence-corrected chi connectivity index (χ3v) is 1.98. The summed E-state index contributed by atoms with van der Waals surface area (Å²) >= 11 is 8.47. The molecular weight excluding hydrogens is 206 g/mol. The molecule has 0 saturated heterocycles. The number of rotatable bonds is 0. The van der Waals surface area contributed by atoms with Crippen LogP contribution >= 0.6 is 27.5 Å². The van der Waals surface area contributed by atoms with Crippen LogP contribution in [0.15, 0.2) is 23.3 Å². The first kappa shape index (κ1) is 7.29. The van der Waals surface area contributed by atoms with Gasteiger partial charge in [0.1, 0.15) is 4.83 Å². The Kier molecular flexibility index (Phi) is 2.30. The van der Waals surface area contributed by atoms with Gasteiger partial charge in [-0.15, -0.1) is 0 Å². The second-order valence-corrected chi connectivity index (χ2v) is 3.01. The Balaban J connectivity index is 2.73. The maximum absolute atomic E-state index is 12.6. The van der Waals surface area contributed by atoms with Crippen molar-refractivity contribution in [1.82, 2.24) is 0 Å². The molecular formula is C6H4BrClF. The summed E-state index contributed by atoms with van der Waals surface area (Å²) in [5.74, 6) is 0. The van der Waals surface area contributed by atoms with Gasteiger partial charge in [-0.25, -0.2) is 4.39 Å². The van der Waals surface area contributed by atoms with Gasteiger partial charge >= 0.3 is 0 Å². The second-order valence-electron chi connectivity index (χ2n) is 1.66. The Bertz CT molecular complexity index is 164. The van der Waals surface area contributed by atoms with Gasteiger partial charge in [-0.1, -0.05) is 39.7 Å². The largest absolute Gasteiger partial charge is 0.239 e.